The summed E-state index contributed by atoms with van der Waals surface area (Å²) in [6.07, 6.45) is 2.93. The number of amides is 1. The first kappa shape index (κ1) is 15.6. The van der Waals surface area contributed by atoms with Crippen molar-refractivity contribution in [3.63, 3.8) is 0 Å². The number of halogens is 1. The second-order valence-electron chi connectivity index (χ2n) is 4.43. The zero-order valence-corrected chi connectivity index (χ0v) is 12.4. The largest absolute Gasteiger partial charge is 0.380 e. The van der Waals surface area contributed by atoms with Crippen molar-refractivity contribution in [3.8, 4) is 0 Å². The molecule has 0 aromatic heterocycles. The molecule has 4 nitrogen and oxygen atoms in total. The quantitative estimate of drug-likeness (QED) is 0.813. The molecule has 1 aromatic carbocycles. The average molecular weight is 326 g/mol. The minimum atomic E-state index is -1.60. The maximum atomic E-state index is 11.8. The van der Waals surface area contributed by atoms with Gasteiger partial charge in [-0.2, -0.15) is 0 Å². The molecule has 1 amide bonds. The van der Waals surface area contributed by atoms with E-state index in [-0.39, 0.29) is 12.5 Å². The number of benzene rings is 1. The van der Waals surface area contributed by atoms with Gasteiger partial charge in [-0.25, -0.2) is 0 Å². The number of carbonyl (C=O) groups is 2. The lowest BCUT2D eigenvalue weighted by molar-refractivity contribution is -0.131. The summed E-state index contributed by atoms with van der Waals surface area (Å²) in [6, 6.07) is 7.41. The van der Waals surface area contributed by atoms with Crippen molar-refractivity contribution in [2.45, 2.75) is 19.4 Å². The molecular formula is C14H16BrNO3. The van der Waals surface area contributed by atoms with Crippen LogP contribution in [0.1, 0.15) is 19.4 Å². The Hall–Kier alpha value is -1.46. The van der Waals surface area contributed by atoms with Gasteiger partial charge in [-0.1, -0.05) is 34.1 Å². The molecule has 0 spiro atoms. The Morgan fingerprint density at radius 3 is 2.47 bits per heavy atom. The van der Waals surface area contributed by atoms with E-state index in [1.165, 1.54) is 19.9 Å². The Morgan fingerprint density at radius 1 is 1.37 bits per heavy atom. The summed E-state index contributed by atoms with van der Waals surface area (Å²) in [5, 5.41) is 12.4. The molecule has 0 fully saturated rings. The van der Waals surface area contributed by atoms with Gasteiger partial charge in [-0.15, -0.1) is 0 Å². The van der Waals surface area contributed by atoms with Crippen LogP contribution in [0.3, 0.4) is 0 Å². The summed E-state index contributed by atoms with van der Waals surface area (Å²) in [4.78, 5) is 22.6. The Morgan fingerprint density at radius 2 is 1.95 bits per heavy atom. The number of nitrogens with one attached hydrogen (secondary N) is 1. The van der Waals surface area contributed by atoms with Gasteiger partial charge in [0.05, 0.1) is 6.54 Å². The third-order valence-corrected chi connectivity index (χ3v) is 3.04. The molecule has 1 rings (SSSR count). The first-order valence-corrected chi connectivity index (χ1v) is 6.55. The molecule has 0 bridgehead atoms. The summed E-state index contributed by atoms with van der Waals surface area (Å²) in [5.41, 5.74) is -0.746. The predicted molar refractivity (Wildman–Crippen MR) is 77.5 cm³/mol. The van der Waals surface area contributed by atoms with Crippen LogP contribution in [-0.2, 0) is 9.59 Å². The van der Waals surface area contributed by atoms with E-state index in [1.54, 1.807) is 6.08 Å². The molecule has 0 saturated heterocycles. The van der Waals surface area contributed by atoms with Crippen LogP contribution in [-0.4, -0.2) is 28.9 Å². The number of hydrogen-bond donors (Lipinski definition) is 2. The molecule has 0 aliphatic heterocycles. The van der Waals surface area contributed by atoms with Crippen LogP contribution in [0.2, 0.25) is 0 Å². The fourth-order valence-corrected chi connectivity index (χ4v) is 1.57. The summed E-state index contributed by atoms with van der Waals surface area (Å²) >= 11 is 3.32. The van der Waals surface area contributed by atoms with E-state index in [2.05, 4.69) is 21.2 Å². The second-order valence-corrected chi connectivity index (χ2v) is 5.35. The Bertz CT molecular complexity index is 492. The van der Waals surface area contributed by atoms with Gasteiger partial charge < -0.3 is 10.4 Å². The van der Waals surface area contributed by atoms with E-state index in [0.717, 1.165) is 10.0 Å². The highest BCUT2D eigenvalue weighted by Crippen LogP contribution is 2.12. The lowest BCUT2D eigenvalue weighted by atomic mass is 10.00. The number of hydrogen-bond acceptors (Lipinski definition) is 3. The molecule has 0 radical (unpaired) electrons. The molecule has 0 aliphatic carbocycles. The van der Waals surface area contributed by atoms with E-state index < -0.39 is 11.4 Å². The lowest BCUT2D eigenvalue weighted by Gasteiger charge is -2.19. The maximum Gasteiger partial charge on any atom is 0.216 e. The molecule has 0 heterocycles. The van der Waals surface area contributed by atoms with Gasteiger partial charge in [-0.05, 0) is 30.7 Å². The standard InChI is InChI=1S/C14H16BrNO3/c1-10(17)16-9-14(2,19)13(18)8-5-11-3-6-12(15)7-4-11/h3-8,19H,9H2,1-2H3,(H,16,17)/b8-5+. The van der Waals surface area contributed by atoms with Crippen LogP contribution >= 0.6 is 15.9 Å². The van der Waals surface area contributed by atoms with Crippen molar-refractivity contribution in [1.29, 1.82) is 0 Å². The summed E-state index contributed by atoms with van der Waals surface area (Å²) in [6.45, 7) is 2.60. The Labute approximate surface area is 120 Å². The summed E-state index contributed by atoms with van der Waals surface area (Å²) in [5.74, 6) is -0.742. The van der Waals surface area contributed by atoms with Crippen molar-refractivity contribution < 1.29 is 14.7 Å². The molecule has 0 saturated carbocycles. The highest BCUT2D eigenvalue weighted by atomic mass is 79.9. The van der Waals surface area contributed by atoms with E-state index in [1.807, 2.05) is 24.3 Å². The minimum absolute atomic E-state index is 0.105. The van der Waals surface area contributed by atoms with Gasteiger partial charge in [-0.3, -0.25) is 9.59 Å². The maximum absolute atomic E-state index is 11.8. The van der Waals surface area contributed by atoms with Crippen LogP contribution < -0.4 is 5.32 Å². The third kappa shape index (κ3) is 5.36. The summed E-state index contributed by atoms with van der Waals surface area (Å²) in [7, 11) is 0. The highest BCUT2D eigenvalue weighted by molar-refractivity contribution is 9.10. The van der Waals surface area contributed by atoms with E-state index in [9.17, 15) is 14.7 Å². The van der Waals surface area contributed by atoms with Crippen molar-refractivity contribution >= 4 is 33.7 Å². The van der Waals surface area contributed by atoms with Crippen LogP contribution in [0.5, 0.6) is 0 Å². The first-order chi connectivity index (χ1) is 8.81. The van der Waals surface area contributed by atoms with Crippen LogP contribution in [0.4, 0.5) is 0 Å². The van der Waals surface area contributed by atoms with E-state index in [0.29, 0.717) is 0 Å². The zero-order chi connectivity index (χ0) is 14.5. The second kappa shape index (κ2) is 6.63. The van der Waals surface area contributed by atoms with Crippen molar-refractivity contribution in [2.24, 2.45) is 0 Å². The summed E-state index contributed by atoms with van der Waals surface area (Å²) < 4.78 is 0.952. The normalized spacial score (nSPS) is 14.1. The number of rotatable bonds is 5. The smallest absolute Gasteiger partial charge is 0.216 e. The number of aliphatic hydroxyl groups is 1. The van der Waals surface area contributed by atoms with Gasteiger partial charge in [0.2, 0.25) is 5.91 Å². The number of carbonyl (C=O) groups excluding carboxylic acids is 2. The molecule has 2 N–H and O–H groups in total. The zero-order valence-electron chi connectivity index (χ0n) is 10.8. The minimum Gasteiger partial charge on any atom is -0.380 e. The van der Waals surface area contributed by atoms with Crippen LogP contribution in [0.25, 0.3) is 6.08 Å². The van der Waals surface area contributed by atoms with E-state index in [4.69, 9.17) is 0 Å². The fraction of sp³-hybridized carbons (Fsp3) is 0.286. The Balaban J connectivity index is 2.67. The third-order valence-electron chi connectivity index (χ3n) is 2.51. The monoisotopic (exact) mass is 325 g/mol. The van der Waals surface area contributed by atoms with Crippen molar-refractivity contribution in [1.82, 2.24) is 5.32 Å². The van der Waals surface area contributed by atoms with Crippen molar-refractivity contribution in [3.05, 3.63) is 40.4 Å². The lowest BCUT2D eigenvalue weighted by Crippen LogP contribution is -2.45. The SMILES string of the molecule is CC(=O)NCC(C)(O)C(=O)/C=C/c1ccc(Br)cc1. The fourth-order valence-electron chi connectivity index (χ4n) is 1.31. The van der Waals surface area contributed by atoms with Crippen LogP contribution in [0.15, 0.2) is 34.8 Å². The highest BCUT2D eigenvalue weighted by Gasteiger charge is 2.27. The molecule has 19 heavy (non-hydrogen) atoms. The topological polar surface area (TPSA) is 66.4 Å². The molecular weight excluding hydrogens is 310 g/mol. The predicted octanol–water partition coefficient (Wildman–Crippen LogP) is 1.92. The van der Waals surface area contributed by atoms with Gasteiger partial charge in [0.25, 0.3) is 0 Å². The van der Waals surface area contributed by atoms with Crippen molar-refractivity contribution in [2.75, 3.05) is 6.54 Å². The Kier molecular flexibility index (Phi) is 5.44. The first-order valence-electron chi connectivity index (χ1n) is 5.76. The molecule has 1 unspecified atom stereocenters. The van der Waals surface area contributed by atoms with Gasteiger partial charge in [0.1, 0.15) is 5.60 Å². The van der Waals surface area contributed by atoms with Gasteiger partial charge in [0.15, 0.2) is 5.78 Å². The van der Waals surface area contributed by atoms with Gasteiger partial charge in [0, 0.05) is 11.4 Å². The molecule has 102 valence electrons. The molecule has 1 atom stereocenters. The van der Waals surface area contributed by atoms with E-state index >= 15 is 0 Å². The van der Waals surface area contributed by atoms with Gasteiger partial charge >= 0.3 is 0 Å². The molecule has 1 aromatic rings. The molecule has 5 heteroatoms. The van der Waals surface area contributed by atoms with Crippen LogP contribution in [0, 0.1) is 0 Å². The molecule has 0 aliphatic rings. The average Bonchev–Trinajstić information content (AvgIpc) is 2.35. The number of ketones is 1.